The largest absolute Gasteiger partial charge is 0.289 e. The van der Waals surface area contributed by atoms with Crippen molar-refractivity contribution in [2.75, 3.05) is 6.67 Å². The van der Waals surface area contributed by atoms with Gasteiger partial charge in [-0.2, -0.15) is 0 Å². The number of halogens is 1. The summed E-state index contributed by atoms with van der Waals surface area (Å²) in [6.07, 6.45) is 12.5. The molecule has 2 fully saturated rings. The van der Waals surface area contributed by atoms with Gasteiger partial charge in [-0.15, -0.1) is 0 Å². The first kappa shape index (κ1) is 18.4. The Bertz CT molecular complexity index is 560. The Kier molecular flexibility index (Phi) is 6.45. The molecule has 0 heterocycles. The Hall–Kier alpha value is -1.44. The van der Waals surface area contributed by atoms with Crippen LogP contribution < -0.4 is 0 Å². The minimum atomic E-state index is -0.141. The van der Waals surface area contributed by atoms with Crippen molar-refractivity contribution in [3.63, 3.8) is 0 Å². The summed E-state index contributed by atoms with van der Waals surface area (Å²) in [6, 6.07) is 8.14. The first-order valence-corrected chi connectivity index (χ1v) is 10.0. The summed E-state index contributed by atoms with van der Waals surface area (Å²) in [7, 11) is 0. The minimum absolute atomic E-state index is 0.00128. The van der Waals surface area contributed by atoms with E-state index >= 15 is 0 Å². The second-order valence-electron chi connectivity index (χ2n) is 8.06. The van der Waals surface area contributed by atoms with Gasteiger partial charge in [-0.25, -0.2) is 0 Å². The van der Waals surface area contributed by atoms with E-state index in [0.29, 0.717) is 11.8 Å². The molecule has 1 aromatic carbocycles. The van der Waals surface area contributed by atoms with Crippen LogP contribution in [-0.4, -0.2) is 12.5 Å². The van der Waals surface area contributed by atoms with Crippen molar-refractivity contribution < 1.29 is 9.18 Å². The van der Waals surface area contributed by atoms with E-state index < -0.39 is 0 Å². The van der Waals surface area contributed by atoms with Gasteiger partial charge in [0.2, 0.25) is 0 Å². The van der Waals surface area contributed by atoms with Gasteiger partial charge in [0, 0.05) is 5.56 Å². The lowest BCUT2D eigenvalue weighted by atomic mass is 9.68. The number of hydrogen-bond acceptors (Lipinski definition) is 1. The molecule has 2 heteroatoms. The number of benzene rings is 1. The molecule has 0 unspecified atom stereocenters. The molecule has 0 saturated heterocycles. The van der Waals surface area contributed by atoms with Crippen LogP contribution in [0.5, 0.6) is 0 Å². The zero-order chi connectivity index (χ0) is 17.6. The van der Waals surface area contributed by atoms with Crippen LogP contribution in [0.15, 0.2) is 36.9 Å². The summed E-state index contributed by atoms with van der Waals surface area (Å²) in [5, 5.41) is 0. The van der Waals surface area contributed by atoms with Crippen molar-refractivity contribution in [3.05, 3.63) is 48.0 Å². The minimum Gasteiger partial charge on any atom is -0.289 e. The van der Waals surface area contributed by atoms with Gasteiger partial charge in [0.15, 0.2) is 5.78 Å². The molecular formula is C23H31FO. The monoisotopic (exact) mass is 342 g/mol. The highest BCUT2D eigenvalue weighted by molar-refractivity contribution is 6.04. The van der Waals surface area contributed by atoms with Crippen LogP contribution in [0.2, 0.25) is 0 Å². The molecule has 0 aromatic heterocycles. The van der Waals surface area contributed by atoms with Crippen molar-refractivity contribution in [2.24, 2.45) is 17.8 Å². The van der Waals surface area contributed by atoms with Gasteiger partial charge in [-0.05, 0) is 80.3 Å². The zero-order valence-corrected chi connectivity index (χ0v) is 15.3. The highest BCUT2D eigenvalue weighted by Crippen LogP contribution is 2.44. The van der Waals surface area contributed by atoms with Crippen molar-refractivity contribution >= 4 is 5.78 Å². The normalized spacial score (nSPS) is 30.0. The van der Waals surface area contributed by atoms with Crippen molar-refractivity contribution in [1.29, 1.82) is 0 Å². The third-order valence-electron chi connectivity index (χ3n) is 6.70. The Morgan fingerprint density at radius 2 is 1.52 bits per heavy atom. The lowest BCUT2D eigenvalue weighted by Gasteiger charge is -2.38. The lowest BCUT2D eigenvalue weighted by Crippen LogP contribution is -2.25. The molecule has 0 radical (unpaired) electrons. The van der Waals surface area contributed by atoms with Crippen LogP contribution >= 0.6 is 0 Å². The molecule has 1 nitrogen and oxygen atoms in total. The van der Waals surface area contributed by atoms with Crippen LogP contribution in [0.1, 0.15) is 79.6 Å². The first-order valence-electron chi connectivity index (χ1n) is 10.0. The number of allylic oxidation sites excluding steroid dienone is 1. The fourth-order valence-corrected chi connectivity index (χ4v) is 5.06. The van der Waals surface area contributed by atoms with E-state index in [1.807, 2.05) is 12.1 Å². The molecule has 0 aliphatic heterocycles. The third-order valence-corrected chi connectivity index (χ3v) is 6.70. The van der Waals surface area contributed by atoms with Gasteiger partial charge in [-0.1, -0.05) is 43.7 Å². The maximum atomic E-state index is 12.5. The number of carbonyl (C=O) groups is 1. The number of carbonyl (C=O) groups excluding carboxylic acids is 1. The Balaban J connectivity index is 1.49. The second kappa shape index (κ2) is 8.78. The maximum Gasteiger partial charge on any atom is 0.185 e. The molecule has 2 aliphatic rings. The molecule has 2 aliphatic carbocycles. The number of rotatable bonds is 6. The zero-order valence-electron chi connectivity index (χ0n) is 15.3. The SMILES string of the molecule is C=CC(=O)c1ccc(C2CCC(C3CCC(CCF)CC3)CC2)cc1. The third kappa shape index (κ3) is 4.59. The van der Waals surface area contributed by atoms with Gasteiger partial charge in [0.1, 0.15) is 0 Å². The molecule has 0 spiro atoms. The van der Waals surface area contributed by atoms with Gasteiger partial charge in [0.05, 0.1) is 6.67 Å². The molecule has 0 bridgehead atoms. The summed E-state index contributed by atoms with van der Waals surface area (Å²) in [4.78, 5) is 11.6. The standard InChI is InChI=1S/C23H31FO/c1-2-23(25)22-13-11-21(12-14-22)20-9-7-19(8-10-20)18-5-3-17(4-6-18)15-16-24/h2,11-14,17-20H,1,3-10,15-16H2. The van der Waals surface area contributed by atoms with E-state index in [4.69, 9.17) is 0 Å². The average Bonchev–Trinajstić information content (AvgIpc) is 2.68. The first-order chi connectivity index (χ1) is 12.2. The fourth-order valence-electron chi connectivity index (χ4n) is 5.06. The molecule has 0 atom stereocenters. The summed E-state index contributed by atoms with van der Waals surface area (Å²) >= 11 is 0. The van der Waals surface area contributed by atoms with Crippen molar-refractivity contribution in [3.8, 4) is 0 Å². The number of alkyl halides is 1. The molecule has 0 amide bonds. The van der Waals surface area contributed by atoms with Crippen LogP contribution in [-0.2, 0) is 0 Å². The van der Waals surface area contributed by atoms with Gasteiger partial charge >= 0.3 is 0 Å². The molecule has 136 valence electrons. The average molecular weight is 342 g/mol. The van der Waals surface area contributed by atoms with E-state index in [-0.39, 0.29) is 12.5 Å². The highest BCUT2D eigenvalue weighted by Gasteiger charge is 2.31. The molecule has 2 saturated carbocycles. The van der Waals surface area contributed by atoms with Crippen molar-refractivity contribution in [1.82, 2.24) is 0 Å². The molecule has 25 heavy (non-hydrogen) atoms. The molecular weight excluding hydrogens is 311 g/mol. The number of ketones is 1. The van der Waals surface area contributed by atoms with E-state index in [2.05, 4.69) is 18.7 Å². The quantitative estimate of drug-likeness (QED) is 0.426. The van der Waals surface area contributed by atoms with Gasteiger partial charge < -0.3 is 0 Å². The maximum absolute atomic E-state index is 12.5. The van der Waals surface area contributed by atoms with Crippen LogP contribution in [0.3, 0.4) is 0 Å². The van der Waals surface area contributed by atoms with Crippen LogP contribution in [0.25, 0.3) is 0 Å². The smallest absolute Gasteiger partial charge is 0.185 e. The summed E-state index contributed by atoms with van der Waals surface area (Å²) in [6.45, 7) is 3.41. The molecule has 1 aromatic rings. The Morgan fingerprint density at radius 1 is 0.960 bits per heavy atom. The van der Waals surface area contributed by atoms with Gasteiger partial charge in [-0.3, -0.25) is 9.18 Å². The summed E-state index contributed by atoms with van der Waals surface area (Å²) < 4.78 is 12.5. The summed E-state index contributed by atoms with van der Waals surface area (Å²) in [5.74, 6) is 3.05. The fraction of sp³-hybridized carbons (Fsp3) is 0.609. The Labute approximate surface area is 151 Å². The predicted molar refractivity (Wildman–Crippen MR) is 102 cm³/mol. The molecule has 0 N–H and O–H groups in total. The van der Waals surface area contributed by atoms with Crippen LogP contribution in [0, 0.1) is 17.8 Å². The van der Waals surface area contributed by atoms with Crippen molar-refractivity contribution in [2.45, 2.75) is 63.7 Å². The highest BCUT2D eigenvalue weighted by atomic mass is 19.1. The van der Waals surface area contributed by atoms with Crippen LogP contribution in [0.4, 0.5) is 4.39 Å². The van der Waals surface area contributed by atoms with E-state index in [1.165, 1.54) is 63.0 Å². The topological polar surface area (TPSA) is 17.1 Å². The Morgan fingerprint density at radius 3 is 2.04 bits per heavy atom. The van der Waals surface area contributed by atoms with Gasteiger partial charge in [0.25, 0.3) is 0 Å². The van der Waals surface area contributed by atoms with E-state index in [1.54, 1.807) is 0 Å². The summed E-state index contributed by atoms with van der Waals surface area (Å²) in [5.41, 5.74) is 2.11. The van der Waals surface area contributed by atoms with E-state index in [0.717, 1.165) is 23.8 Å². The number of hydrogen-bond donors (Lipinski definition) is 0. The predicted octanol–water partition coefficient (Wildman–Crippen LogP) is 6.50. The second-order valence-corrected chi connectivity index (χ2v) is 8.06. The lowest BCUT2D eigenvalue weighted by molar-refractivity contribution is 0.104. The molecule has 3 rings (SSSR count). The van der Waals surface area contributed by atoms with E-state index in [9.17, 15) is 9.18 Å².